The van der Waals surface area contributed by atoms with Crippen LogP contribution in [0.3, 0.4) is 0 Å². The lowest BCUT2D eigenvalue weighted by Crippen LogP contribution is -2.35. The normalized spacial score (nSPS) is 34.1. The Labute approximate surface area is 181 Å². The first kappa shape index (κ1) is 21.6. The van der Waals surface area contributed by atoms with Crippen LogP contribution < -0.4 is 15.4 Å². The van der Waals surface area contributed by atoms with E-state index < -0.39 is 11.0 Å². The fourth-order valence-corrected chi connectivity index (χ4v) is 6.14. The van der Waals surface area contributed by atoms with Crippen LogP contribution in [0.15, 0.2) is 6.07 Å². The fourth-order valence-electron chi connectivity index (χ4n) is 4.86. The second-order valence-electron chi connectivity index (χ2n) is 8.90. The number of nitrogens with one attached hydrogen (secondary N) is 4. The summed E-state index contributed by atoms with van der Waals surface area (Å²) in [5.74, 6) is 1.24. The lowest BCUT2D eigenvalue weighted by Gasteiger charge is -2.28. The van der Waals surface area contributed by atoms with E-state index in [4.69, 9.17) is 4.74 Å². The molecule has 30 heavy (non-hydrogen) atoms. The van der Waals surface area contributed by atoms with Crippen molar-refractivity contribution in [3.8, 4) is 0 Å². The van der Waals surface area contributed by atoms with E-state index in [0.717, 1.165) is 88.7 Å². The molecule has 2 saturated carbocycles. The zero-order valence-corrected chi connectivity index (χ0v) is 18.5. The quantitative estimate of drug-likeness (QED) is 0.498. The zero-order valence-electron chi connectivity index (χ0n) is 17.7. The second-order valence-corrected chi connectivity index (χ2v) is 10.4. The molecule has 5 rings (SSSR count). The third kappa shape index (κ3) is 5.97. The molecule has 8 nitrogen and oxygen atoms in total. The van der Waals surface area contributed by atoms with E-state index in [1.807, 2.05) is 0 Å². The number of aromatic amines is 1. The van der Waals surface area contributed by atoms with Gasteiger partial charge in [0, 0.05) is 42.1 Å². The molecular weight excluding hydrogens is 402 g/mol. The van der Waals surface area contributed by atoms with Crippen molar-refractivity contribution < 1.29 is 13.7 Å². The maximum Gasteiger partial charge on any atom is 0.407 e. The first-order valence-corrected chi connectivity index (χ1v) is 12.8. The minimum absolute atomic E-state index is 0.0187. The predicted octanol–water partition coefficient (Wildman–Crippen LogP) is 3.32. The Bertz CT molecular complexity index is 719. The van der Waals surface area contributed by atoms with Crippen LogP contribution in [-0.4, -0.2) is 51.0 Å². The first-order chi connectivity index (χ1) is 14.7. The van der Waals surface area contributed by atoms with Crippen LogP contribution in [0.1, 0.15) is 82.2 Å². The number of alkyl carbamates (subject to hydrolysis) is 1. The monoisotopic (exact) mass is 437 g/mol. The molecule has 2 aliphatic carbocycles. The summed E-state index contributed by atoms with van der Waals surface area (Å²) in [5, 5.41) is 14.3. The summed E-state index contributed by atoms with van der Waals surface area (Å²) in [6.45, 7) is 1.44. The average Bonchev–Trinajstić information content (AvgIpc) is 3.39. The van der Waals surface area contributed by atoms with Gasteiger partial charge in [-0.05, 0) is 57.8 Å². The molecule has 1 amide bonds. The average molecular weight is 438 g/mol. The summed E-state index contributed by atoms with van der Waals surface area (Å²) in [6, 6.07) is 2.49. The first-order valence-electron chi connectivity index (χ1n) is 11.6. The van der Waals surface area contributed by atoms with Gasteiger partial charge in [-0.25, -0.2) is 13.7 Å². The van der Waals surface area contributed by atoms with Crippen LogP contribution >= 0.6 is 0 Å². The Morgan fingerprint density at radius 1 is 1.00 bits per heavy atom. The zero-order chi connectivity index (χ0) is 20.8. The number of H-pyrrole nitrogens is 1. The summed E-state index contributed by atoms with van der Waals surface area (Å²) in [6.07, 6.45) is 10.5. The van der Waals surface area contributed by atoms with E-state index in [1.54, 1.807) is 0 Å². The summed E-state index contributed by atoms with van der Waals surface area (Å²) >= 11 is 0. The van der Waals surface area contributed by atoms with E-state index in [9.17, 15) is 9.00 Å². The Morgan fingerprint density at radius 2 is 1.80 bits per heavy atom. The second kappa shape index (κ2) is 10.6. The number of amides is 1. The molecule has 3 atom stereocenters. The highest BCUT2D eigenvalue weighted by Crippen LogP contribution is 2.36. The van der Waals surface area contributed by atoms with Crippen molar-refractivity contribution in [2.24, 2.45) is 0 Å². The minimum Gasteiger partial charge on any atom is -0.446 e. The maximum atomic E-state index is 12.5. The molecule has 2 fully saturated rings. The van der Waals surface area contributed by atoms with Crippen molar-refractivity contribution in [1.29, 1.82) is 0 Å². The number of ether oxygens (including phenoxy) is 1. The summed E-state index contributed by atoms with van der Waals surface area (Å²) in [5.41, 5.74) is 1.12. The molecule has 2 aliphatic heterocycles. The molecule has 9 heteroatoms. The highest BCUT2D eigenvalue weighted by atomic mass is 32.2. The molecule has 6 bridgehead atoms. The van der Waals surface area contributed by atoms with Gasteiger partial charge in [-0.2, -0.15) is 5.10 Å². The predicted molar refractivity (Wildman–Crippen MR) is 118 cm³/mol. The number of fused-ring (bicyclic) bond motifs is 12. The van der Waals surface area contributed by atoms with E-state index in [2.05, 4.69) is 31.6 Å². The van der Waals surface area contributed by atoms with Gasteiger partial charge in [0.05, 0.1) is 11.0 Å². The SMILES string of the molecule is O=C1NCCCCCCNS(=O)C2CCC(CC2)Nc2cc([nH]n2)C2CCC(C2)O1. The van der Waals surface area contributed by atoms with Crippen molar-refractivity contribution in [3.05, 3.63) is 11.8 Å². The van der Waals surface area contributed by atoms with Gasteiger partial charge in [-0.1, -0.05) is 12.8 Å². The summed E-state index contributed by atoms with van der Waals surface area (Å²) < 4.78 is 21.4. The number of aromatic nitrogens is 2. The number of rotatable bonds is 0. The van der Waals surface area contributed by atoms with Crippen LogP contribution in [0.2, 0.25) is 0 Å². The minimum atomic E-state index is -0.948. The molecule has 0 saturated heterocycles. The van der Waals surface area contributed by atoms with Crippen molar-refractivity contribution >= 4 is 22.9 Å². The van der Waals surface area contributed by atoms with Crippen molar-refractivity contribution in [2.45, 2.75) is 93.9 Å². The molecule has 0 spiro atoms. The van der Waals surface area contributed by atoms with E-state index in [0.29, 0.717) is 18.5 Å². The van der Waals surface area contributed by atoms with E-state index in [-0.39, 0.29) is 17.4 Å². The lowest BCUT2D eigenvalue weighted by molar-refractivity contribution is 0.100. The molecule has 4 aliphatic rings. The third-order valence-electron chi connectivity index (χ3n) is 6.64. The molecule has 1 aromatic heterocycles. The van der Waals surface area contributed by atoms with Crippen LogP contribution in [0, 0.1) is 0 Å². The molecule has 0 aromatic carbocycles. The molecule has 168 valence electrons. The van der Waals surface area contributed by atoms with Crippen molar-refractivity contribution in [1.82, 2.24) is 20.2 Å². The standard InChI is InChI=1S/C21H35N5O3S/c27-21-22-11-3-1-2-4-12-23-30(28)18-9-6-16(7-10-18)24-20-14-19(25-26-20)15-5-8-17(13-15)29-21/h14-18,23H,1-13H2,(H,22,27)(H2,24,25,26). The Kier molecular flexibility index (Phi) is 7.65. The Morgan fingerprint density at radius 3 is 2.63 bits per heavy atom. The van der Waals surface area contributed by atoms with Gasteiger partial charge in [-0.3, -0.25) is 5.10 Å². The molecule has 4 N–H and O–H groups in total. The highest BCUT2D eigenvalue weighted by Gasteiger charge is 2.30. The van der Waals surface area contributed by atoms with Crippen LogP contribution in [0.25, 0.3) is 0 Å². The topological polar surface area (TPSA) is 108 Å². The van der Waals surface area contributed by atoms with Gasteiger partial charge < -0.3 is 15.4 Å². The number of anilines is 1. The fraction of sp³-hybridized carbons (Fsp3) is 0.810. The lowest BCUT2D eigenvalue weighted by atomic mass is 9.95. The smallest absolute Gasteiger partial charge is 0.407 e. The Balaban J connectivity index is 1.36. The van der Waals surface area contributed by atoms with Gasteiger partial charge in [0.25, 0.3) is 0 Å². The number of carbonyl (C=O) groups excluding carboxylic acids is 1. The van der Waals surface area contributed by atoms with Gasteiger partial charge in [-0.15, -0.1) is 0 Å². The van der Waals surface area contributed by atoms with Crippen molar-refractivity contribution in [3.63, 3.8) is 0 Å². The third-order valence-corrected chi connectivity index (χ3v) is 8.21. The molecule has 3 heterocycles. The summed E-state index contributed by atoms with van der Waals surface area (Å²) in [7, 11) is -0.948. The van der Waals surface area contributed by atoms with Crippen molar-refractivity contribution in [2.75, 3.05) is 18.4 Å². The molecular formula is C21H35N5O3S. The van der Waals surface area contributed by atoms with Crippen LogP contribution in [0.4, 0.5) is 10.6 Å². The largest absolute Gasteiger partial charge is 0.446 e. The van der Waals surface area contributed by atoms with Crippen LogP contribution in [-0.2, 0) is 15.7 Å². The van der Waals surface area contributed by atoms with Crippen LogP contribution in [0.5, 0.6) is 0 Å². The number of nitrogens with zero attached hydrogens (tertiary/aromatic N) is 1. The van der Waals surface area contributed by atoms with E-state index in [1.165, 1.54) is 0 Å². The maximum absolute atomic E-state index is 12.5. The number of carbonyl (C=O) groups is 1. The van der Waals surface area contributed by atoms with Gasteiger partial charge >= 0.3 is 6.09 Å². The van der Waals surface area contributed by atoms with Gasteiger partial charge in [0.1, 0.15) is 11.9 Å². The molecule has 0 radical (unpaired) electrons. The number of hydrogen-bond donors (Lipinski definition) is 4. The Hall–Kier alpha value is -1.61. The van der Waals surface area contributed by atoms with Gasteiger partial charge in [0.2, 0.25) is 0 Å². The highest BCUT2D eigenvalue weighted by molar-refractivity contribution is 7.83. The number of hydrogen-bond acceptors (Lipinski definition) is 5. The van der Waals surface area contributed by atoms with E-state index >= 15 is 0 Å². The van der Waals surface area contributed by atoms with Gasteiger partial charge in [0.15, 0.2) is 0 Å². The molecule has 1 aromatic rings. The summed E-state index contributed by atoms with van der Waals surface area (Å²) in [4.78, 5) is 12.0. The molecule has 3 unspecified atom stereocenters.